The van der Waals surface area contributed by atoms with E-state index in [1.807, 2.05) is 0 Å². The first-order valence-electron chi connectivity index (χ1n) is 4.88. The summed E-state index contributed by atoms with van der Waals surface area (Å²) in [5, 5.41) is 3.50. The van der Waals surface area contributed by atoms with Crippen LogP contribution in [0.15, 0.2) is 10.7 Å². The van der Waals surface area contributed by atoms with Crippen LogP contribution in [0.5, 0.6) is 0 Å². The summed E-state index contributed by atoms with van der Waals surface area (Å²) < 4.78 is 9.53. The first kappa shape index (κ1) is 12.2. The van der Waals surface area contributed by atoms with Crippen molar-refractivity contribution in [2.75, 3.05) is 20.2 Å². The van der Waals surface area contributed by atoms with Gasteiger partial charge in [-0.3, -0.25) is 9.59 Å². The Hall–Kier alpha value is -1.85. The van der Waals surface area contributed by atoms with Crippen molar-refractivity contribution in [3.63, 3.8) is 0 Å². The molecular formula is C10H14N2O4. The number of carbonyl (C=O) groups excluding carboxylic acids is 2. The Kier molecular flexibility index (Phi) is 4.04. The van der Waals surface area contributed by atoms with Gasteiger partial charge in [0.05, 0.1) is 12.8 Å². The van der Waals surface area contributed by atoms with E-state index in [0.29, 0.717) is 12.2 Å². The maximum atomic E-state index is 11.8. The molecule has 0 aromatic carbocycles. The molecule has 16 heavy (non-hydrogen) atoms. The summed E-state index contributed by atoms with van der Waals surface area (Å²) in [5.41, 5.74) is 0.640. The standard InChI is InChI=1S/C10H14N2O4/c1-4-15-8(13)6-12(3)10(14)9-7(2)5-11-16-9/h5H,4,6H2,1-3H3. The second-order valence-electron chi connectivity index (χ2n) is 3.30. The fourth-order valence-electron chi connectivity index (χ4n) is 1.14. The lowest BCUT2D eigenvalue weighted by molar-refractivity contribution is -0.143. The third kappa shape index (κ3) is 2.82. The fraction of sp³-hybridized carbons (Fsp3) is 0.500. The molecule has 1 heterocycles. The molecule has 1 amide bonds. The van der Waals surface area contributed by atoms with Crippen LogP contribution in [0.3, 0.4) is 0 Å². The van der Waals surface area contributed by atoms with Crippen LogP contribution in [0.2, 0.25) is 0 Å². The van der Waals surface area contributed by atoms with Crippen LogP contribution >= 0.6 is 0 Å². The van der Waals surface area contributed by atoms with Gasteiger partial charge < -0.3 is 14.2 Å². The molecule has 0 radical (unpaired) electrons. The van der Waals surface area contributed by atoms with Crippen LogP contribution in [0.1, 0.15) is 23.0 Å². The molecule has 6 nitrogen and oxygen atoms in total. The van der Waals surface area contributed by atoms with Gasteiger partial charge in [0.2, 0.25) is 5.76 Å². The molecule has 0 fully saturated rings. The number of aromatic nitrogens is 1. The van der Waals surface area contributed by atoms with Gasteiger partial charge in [0.1, 0.15) is 6.54 Å². The van der Waals surface area contributed by atoms with Crippen molar-refractivity contribution in [2.24, 2.45) is 0 Å². The van der Waals surface area contributed by atoms with Crippen LogP contribution in [0.25, 0.3) is 0 Å². The molecule has 6 heteroatoms. The summed E-state index contributed by atoms with van der Waals surface area (Å²) in [6.07, 6.45) is 1.45. The molecule has 1 rings (SSSR count). The zero-order valence-corrected chi connectivity index (χ0v) is 9.52. The molecule has 0 aliphatic rings. The minimum absolute atomic E-state index is 0.104. The molecule has 0 spiro atoms. The summed E-state index contributed by atoms with van der Waals surface area (Å²) in [6, 6.07) is 0. The minimum atomic E-state index is -0.449. The van der Waals surface area contributed by atoms with Gasteiger partial charge >= 0.3 is 5.97 Å². The predicted octanol–water partition coefficient (Wildman–Crippen LogP) is 0.618. The van der Waals surface area contributed by atoms with Gasteiger partial charge in [-0.1, -0.05) is 5.16 Å². The van der Waals surface area contributed by atoms with Crippen LogP contribution in [0, 0.1) is 6.92 Å². The highest BCUT2D eigenvalue weighted by Crippen LogP contribution is 2.08. The Morgan fingerprint density at radius 1 is 1.56 bits per heavy atom. The molecule has 0 saturated heterocycles. The molecule has 0 bridgehead atoms. The summed E-state index contributed by atoms with van der Waals surface area (Å²) in [6.45, 7) is 3.61. The Labute approximate surface area is 93.1 Å². The Balaban J connectivity index is 2.61. The molecule has 88 valence electrons. The maximum Gasteiger partial charge on any atom is 0.325 e. The normalized spacial score (nSPS) is 9.94. The monoisotopic (exact) mass is 226 g/mol. The van der Waals surface area contributed by atoms with Crippen molar-refractivity contribution < 1.29 is 18.8 Å². The summed E-state index contributed by atoms with van der Waals surface area (Å²) in [4.78, 5) is 24.1. The highest BCUT2D eigenvalue weighted by Gasteiger charge is 2.20. The van der Waals surface area contributed by atoms with E-state index in [4.69, 9.17) is 9.26 Å². The van der Waals surface area contributed by atoms with Crippen LogP contribution in [-0.2, 0) is 9.53 Å². The summed E-state index contributed by atoms with van der Waals surface area (Å²) in [7, 11) is 1.50. The van der Waals surface area contributed by atoms with E-state index in [1.54, 1.807) is 13.8 Å². The number of likely N-dealkylation sites (N-methyl/N-ethyl adjacent to an activating group) is 1. The van der Waals surface area contributed by atoms with E-state index in [1.165, 1.54) is 18.1 Å². The molecule has 0 N–H and O–H groups in total. The predicted molar refractivity (Wildman–Crippen MR) is 54.8 cm³/mol. The summed E-state index contributed by atoms with van der Waals surface area (Å²) >= 11 is 0. The minimum Gasteiger partial charge on any atom is -0.465 e. The van der Waals surface area contributed by atoms with Gasteiger partial charge in [-0.25, -0.2) is 0 Å². The molecule has 0 aliphatic carbocycles. The number of aryl methyl sites for hydroxylation is 1. The van der Waals surface area contributed by atoms with E-state index in [2.05, 4.69) is 5.16 Å². The van der Waals surface area contributed by atoms with Gasteiger partial charge in [0, 0.05) is 12.6 Å². The lowest BCUT2D eigenvalue weighted by Crippen LogP contribution is -2.33. The van der Waals surface area contributed by atoms with Crippen molar-refractivity contribution in [3.05, 3.63) is 17.5 Å². The van der Waals surface area contributed by atoms with E-state index < -0.39 is 5.97 Å². The van der Waals surface area contributed by atoms with Crippen LogP contribution in [-0.4, -0.2) is 42.1 Å². The molecule has 0 aliphatic heterocycles. The number of carbonyl (C=O) groups is 2. The number of rotatable bonds is 4. The van der Waals surface area contributed by atoms with Crippen LogP contribution in [0.4, 0.5) is 0 Å². The third-order valence-electron chi connectivity index (χ3n) is 1.96. The maximum absolute atomic E-state index is 11.8. The summed E-state index contributed by atoms with van der Waals surface area (Å²) in [5.74, 6) is -0.689. The lowest BCUT2D eigenvalue weighted by Gasteiger charge is -2.14. The fourth-order valence-corrected chi connectivity index (χ4v) is 1.14. The second kappa shape index (κ2) is 5.29. The number of nitrogens with zero attached hydrogens (tertiary/aromatic N) is 2. The number of hydrogen-bond acceptors (Lipinski definition) is 5. The number of hydrogen-bond donors (Lipinski definition) is 0. The van der Waals surface area contributed by atoms with Gasteiger partial charge in [-0.15, -0.1) is 0 Å². The van der Waals surface area contributed by atoms with Crippen molar-refractivity contribution in [1.29, 1.82) is 0 Å². The highest BCUT2D eigenvalue weighted by atomic mass is 16.5. The number of amides is 1. The Morgan fingerprint density at radius 2 is 2.25 bits per heavy atom. The smallest absolute Gasteiger partial charge is 0.325 e. The van der Waals surface area contributed by atoms with Crippen molar-refractivity contribution in [2.45, 2.75) is 13.8 Å². The van der Waals surface area contributed by atoms with E-state index in [-0.39, 0.29) is 18.2 Å². The van der Waals surface area contributed by atoms with Crippen LogP contribution < -0.4 is 0 Å². The van der Waals surface area contributed by atoms with Crippen molar-refractivity contribution >= 4 is 11.9 Å². The average molecular weight is 226 g/mol. The second-order valence-corrected chi connectivity index (χ2v) is 3.30. The topological polar surface area (TPSA) is 72.6 Å². The van der Waals surface area contributed by atoms with Gasteiger partial charge in [0.25, 0.3) is 5.91 Å². The molecular weight excluding hydrogens is 212 g/mol. The molecule has 0 unspecified atom stereocenters. The molecule has 1 aromatic heterocycles. The molecule has 0 atom stereocenters. The van der Waals surface area contributed by atoms with Gasteiger partial charge in [0.15, 0.2) is 0 Å². The SMILES string of the molecule is CCOC(=O)CN(C)C(=O)c1oncc1C. The first-order chi connectivity index (χ1) is 7.56. The Morgan fingerprint density at radius 3 is 2.75 bits per heavy atom. The van der Waals surface area contributed by atoms with Gasteiger partial charge in [-0.2, -0.15) is 0 Å². The molecule has 1 aromatic rings. The van der Waals surface area contributed by atoms with Crippen molar-refractivity contribution in [3.8, 4) is 0 Å². The van der Waals surface area contributed by atoms with E-state index in [9.17, 15) is 9.59 Å². The zero-order chi connectivity index (χ0) is 12.1. The average Bonchev–Trinajstić information content (AvgIpc) is 2.63. The Bertz CT molecular complexity index is 386. The van der Waals surface area contributed by atoms with E-state index >= 15 is 0 Å². The quantitative estimate of drug-likeness (QED) is 0.703. The number of esters is 1. The third-order valence-corrected chi connectivity index (χ3v) is 1.96. The van der Waals surface area contributed by atoms with Crippen molar-refractivity contribution in [1.82, 2.24) is 10.1 Å². The first-order valence-corrected chi connectivity index (χ1v) is 4.88. The zero-order valence-electron chi connectivity index (χ0n) is 9.52. The highest BCUT2D eigenvalue weighted by molar-refractivity contribution is 5.94. The number of ether oxygens (including phenoxy) is 1. The van der Waals surface area contributed by atoms with Gasteiger partial charge in [-0.05, 0) is 13.8 Å². The van der Waals surface area contributed by atoms with E-state index in [0.717, 1.165) is 0 Å². The lowest BCUT2D eigenvalue weighted by atomic mass is 10.2. The molecule has 0 saturated carbocycles. The largest absolute Gasteiger partial charge is 0.465 e.